The Morgan fingerprint density at radius 2 is 1.59 bits per heavy atom. The average molecular weight is 460 g/mol. The van der Waals surface area contributed by atoms with Crippen LogP contribution in [0.1, 0.15) is 47.6 Å². The van der Waals surface area contributed by atoms with E-state index in [1.807, 2.05) is 24.1 Å². The maximum Gasteiger partial charge on any atom is 0.230 e. The quantitative estimate of drug-likeness (QED) is 0.492. The first-order chi connectivity index (χ1) is 16.7. The molecule has 0 N–H and O–H groups in total. The number of hydrogen-bond acceptors (Lipinski definition) is 5. The molecule has 1 aromatic heterocycles. The fraction of sp³-hybridized carbons (Fsp3) is 0.444. The Labute approximate surface area is 201 Å². The van der Waals surface area contributed by atoms with Crippen LogP contribution in [-0.2, 0) is 23.0 Å². The third-order valence-corrected chi connectivity index (χ3v) is 6.74. The van der Waals surface area contributed by atoms with Gasteiger partial charge >= 0.3 is 0 Å². The molecule has 1 saturated carbocycles. The molecule has 1 aliphatic heterocycles. The Bertz CT molecular complexity index is 1030. The van der Waals surface area contributed by atoms with Gasteiger partial charge in [0.1, 0.15) is 11.9 Å². The molecule has 7 heteroatoms. The highest BCUT2D eigenvalue weighted by Gasteiger charge is 2.29. The molecule has 178 valence electrons. The van der Waals surface area contributed by atoms with E-state index in [-0.39, 0.29) is 12.0 Å². The van der Waals surface area contributed by atoms with Crippen LogP contribution in [0.4, 0.5) is 0 Å². The van der Waals surface area contributed by atoms with Gasteiger partial charge in [-0.2, -0.15) is 5.10 Å². The van der Waals surface area contributed by atoms with Gasteiger partial charge in [0, 0.05) is 45.7 Å². The van der Waals surface area contributed by atoms with E-state index in [0.717, 1.165) is 55.5 Å². The summed E-state index contributed by atoms with van der Waals surface area (Å²) in [5.74, 6) is 2.32. The monoisotopic (exact) mass is 459 g/mol. The average Bonchev–Trinajstić information content (AvgIpc) is 3.67. The fourth-order valence-corrected chi connectivity index (χ4v) is 4.51. The van der Waals surface area contributed by atoms with Crippen LogP contribution >= 0.6 is 0 Å². The molecule has 1 aliphatic carbocycles. The first kappa shape index (κ1) is 22.7. The summed E-state index contributed by atoms with van der Waals surface area (Å²) in [5, 5.41) is 4.49. The summed E-state index contributed by atoms with van der Waals surface area (Å²) < 4.78 is 8.14. The zero-order valence-corrected chi connectivity index (χ0v) is 19.8. The lowest BCUT2D eigenvalue weighted by molar-refractivity contribution is -0.132. The molecule has 0 radical (unpaired) electrons. The van der Waals surface area contributed by atoms with Crippen LogP contribution in [0.5, 0.6) is 0 Å². The molecule has 2 aliphatic rings. The van der Waals surface area contributed by atoms with E-state index in [4.69, 9.17) is 4.74 Å². The van der Waals surface area contributed by atoms with Crippen LogP contribution in [0, 0.1) is 0 Å². The maximum atomic E-state index is 12.8. The molecule has 2 aromatic carbocycles. The smallest absolute Gasteiger partial charge is 0.230 e. The van der Waals surface area contributed by atoms with Gasteiger partial charge in [-0.25, -0.2) is 4.98 Å². The van der Waals surface area contributed by atoms with Crippen molar-refractivity contribution in [3.05, 3.63) is 83.4 Å². The number of amides is 1. The van der Waals surface area contributed by atoms with Crippen molar-refractivity contribution in [2.45, 2.75) is 31.3 Å². The molecule has 0 atom stereocenters. The SMILES string of the molecule is Cn1nc(C2CC2)nc1CC(=O)N1CCN(CCOC(c2ccccc2)c2ccccc2)CC1. The molecular formula is C27H33N5O2. The Hall–Kier alpha value is -3.03. The number of hydrogen-bond donors (Lipinski definition) is 0. The molecule has 2 fully saturated rings. The number of rotatable bonds is 9. The highest BCUT2D eigenvalue weighted by Crippen LogP contribution is 2.38. The molecule has 5 rings (SSSR count). The van der Waals surface area contributed by atoms with E-state index >= 15 is 0 Å². The van der Waals surface area contributed by atoms with Crippen LogP contribution in [-0.4, -0.2) is 69.8 Å². The highest BCUT2D eigenvalue weighted by molar-refractivity contribution is 5.78. The van der Waals surface area contributed by atoms with Crippen LogP contribution < -0.4 is 0 Å². The molecule has 0 unspecified atom stereocenters. The standard InChI is InChI=1S/C27H33N5O2/c1-30-24(28-27(29-30)23-12-13-23)20-25(33)32-16-14-31(15-17-32)18-19-34-26(21-8-4-2-5-9-21)22-10-6-3-7-11-22/h2-11,23,26H,12-20H2,1H3. The Kier molecular flexibility index (Phi) is 7.02. The van der Waals surface area contributed by atoms with Gasteiger partial charge in [0.15, 0.2) is 5.82 Å². The van der Waals surface area contributed by atoms with Gasteiger partial charge < -0.3 is 9.64 Å². The molecule has 1 amide bonds. The molecule has 0 spiro atoms. The number of benzene rings is 2. The maximum absolute atomic E-state index is 12.8. The number of carbonyl (C=O) groups is 1. The first-order valence-corrected chi connectivity index (χ1v) is 12.3. The molecule has 34 heavy (non-hydrogen) atoms. The van der Waals surface area contributed by atoms with Crippen LogP contribution in [0.15, 0.2) is 60.7 Å². The minimum Gasteiger partial charge on any atom is -0.367 e. The third kappa shape index (κ3) is 5.54. The van der Waals surface area contributed by atoms with E-state index in [2.05, 4.69) is 63.5 Å². The van der Waals surface area contributed by atoms with Crippen LogP contribution in [0.25, 0.3) is 0 Å². The number of ether oxygens (including phenoxy) is 1. The Morgan fingerprint density at radius 3 is 2.18 bits per heavy atom. The van der Waals surface area contributed by atoms with Gasteiger partial charge in [-0.1, -0.05) is 60.7 Å². The number of aromatic nitrogens is 3. The number of nitrogens with zero attached hydrogens (tertiary/aromatic N) is 5. The van der Waals surface area contributed by atoms with Crippen LogP contribution in [0.2, 0.25) is 0 Å². The normalized spacial score (nSPS) is 16.8. The van der Waals surface area contributed by atoms with Gasteiger partial charge in [-0.3, -0.25) is 14.4 Å². The van der Waals surface area contributed by atoms with E-state index in [9.17, 15) is 4.79 Å². The lowest BCUT2D eigenvalue weighted by Crippen LogP contribution is -2.50. The second-order valence-corrected chi connectivity index (χ2v) is 9.26. The van der Waals surface area contributed by atoms with Crippen molar-refractivity contribution in [1.29, 1.82) is 0 Å². The van der Waals surface area contributed by atoms with Crippen molar-refractivity contribution >= 4 is 5.91 Å². The zero-order chi connectivity index (χ0) is 23.3. The summed E-state index contributed by atoms with van der Waals surface area (Å²) in [5.41, 5.74) is 2.33. The fourth-order valence-electron chi connectivity index (χ4n) is 4.51. The summed E-state index contributed by atoms with van der Waals surface area (Å²) in [6, 6.07) is 20.7. The molecule has 1 saturated heterocycles. The molecule has 7 nitrogen and oxygen atoms in total. The number of piperazine rings is 1. The summed E-state index contributed by atoms with van der Waals surface area (Å²) >= 11 is 0. The van der Waals surface area contributed by atoms with Crippen molar-refractivity contribution in [2.24, 2.45) is 7.05 Å². The molecule has 3 aromatic rings. The molecule has 0 bridgehead atoms. The van der Waals surface area contributed by atoms with Gasteiger partial charge in [0.05, 0.1) is 13.0 Å². The van der Waals surface area contributed by atoms with Crippen molar-refractivity contribution in [3.63, 3.8) is 0 Å². The number of aryl methyl sites for hydroxylation is 1. The molecular weight excluding hydrogens is 426 g/mol. The van der Waals surface area contributed by atoms with Gasteiger partial charge in [0.2, 0.25) is 5.91 Å². The third-order valence-electron chi connectivity index (χ3n) is 6.74. The van der Waals surface area contributed by atoms with Crippen molar-refractivity contribution < 1.29 is 9.53 Å². The second kappa shape index (κ2) is 10.5. The minimum absolute atomic E-state index is 0.0720. The van der Waals surface area contributed by atoms with Crippen molar-refractivity contribution in [3.8, 4) is 0 Å². The predicted molar refractivity (Wildman–Crippen MR) is 130 cm³/mol. The summed E-state index contributed by atoms with van der Waals surface area (Å²) in [7, 11) is 1.89. The lowest BCUT2D eigenvalue weighted by atomic mass is 10.0. The zero-order valence-electron chi connectivity index (χ0n) is 19.8. The van der Waals surface area contributed by atoms with Gasteiger partial charge in [-0.15, -0.1) is 0 Å². The minimum atomic E-state index is -0.0720. The van der Waals surface area contributed by atoms with Gasteiger partial charge in [-0.05, 0) is 24.0 Å². The van der Waals surface area contributed by atoms with E-state index in [0.29, 0.717) is 18.9 Å². The topological polar surface area (TPSA) is 63.5 Å². The lowest BCUT2D eigenvalue weighted by Gasteiger charge is -2.35. The number of carbonyl (C=O) groups excluding carboxylic acids is 1. The van der Waals surface area contributed by atoms with Crippen LogP contribution in [0.3, 0.4) is 0 Å². The van der Waals surface area contributed by atoms with Crippen molar-refractivity contribution in [2.75, 3.05) is 39.3 Å². The summed E-state index contributed by atoms with van der Waals surface area (Å²) in [4.78, 5) is 21.8. The predicted octanol–water partition coefficient (Wildman–Crippen LogP) is 3.19. The molecule has 2 heterocycles. The Morgan fingerprint density at radius 1 is 0.971 bits per heavy atom. The first-order valence-electron chi connectivity index (χ1n) is 12.3. The second-order valence-electron chi connectivity index (χ2n) is 9.26. The van der Waals surface area contributed by atoms with E-state index in [1.54, 1.807) is 4.68 Å². The largest absolute Gasteiger partial charge is 0.367 e. The van der Waals surface area contributed by atoms with E-state index in [1.165, 1.54) is 12.8 Å². The van der Waals surface area contributed by atoms with Crippen molar-refractivity contribution in [1.82, 2.24) is 24.6 Å². The Balaban J connectivity index is 1.09. The van der Waals surface area contributed by atoms with E-state index < -0.39 is 0 Å². The summed E-state index contributed by atoms with van der Waals surface area (Å²) in [6.45, 7) is 4.71. The summed E-state index contributed by atoms with van der Waals surface area (Å²) in [6.07, 6.45) is 2.59. The van der Waals surface area contributed by atoms with Gasteiger partial charge in [0.25, 0.3) is 0 Å². The highest BCUT2D eigenvalue weighted by atomic mass is 16.5.